The number of rotatable bonds is 8. The fourth-order valence-corrected chi connectivity index (χ4v) is 4.72. The Bertz CT molecular complexity index is 1160. The second-order valence-corrected chi connectivity index (χ2v) is 10.1. The van der Waals surface area contributed by atoms with Crippen LogP contribution in [0.15, 0.2) is 58.3 Å². The van der Waals surface area contributed by atoms with E-state index in [0.717, 1.165) is 11.3 Å². The summed E-state index contributed by atoms with van der Waals surface area (Å²) in [4.78, 5) is 26.8. The molecule has 0 aliphatic carbocycles. The van der Waals surface area contributed by atoms with Crippen LogP contribution in [0.4, 0.5) is 5.69 Å². The third kappa shape index (κ3) is 6.16. The molecule has 2 aromatic carbocycles. The highest BCUT2D eigenvalue weighted by atomic mass is 32.2. The van der Waals surface area contributed by atoms with Crippen molar-refractivity contribution in [1.29, 1.82) is 0 Å². The van der Waals surface area contributed by atoms with Gasteiger partial charge in [0.25, 0.3) is 5.91 Å². The number of primary sulfonamides is 1. The molecular weight excluding hydrogens is 470 g/mol. The predicted molar refractivity (Wildman–Crippen MR) is 129 cm³/mol. The molecule has 11 heteroatoms. The summed E-state index contributed by atoms with van der Waals surface area (Å²) in [7, 11) is -2.20. The minimum Gasteiger partial charge on any atom is -0.497 e. The first-order valence-corrected chi connectivity index (χ1v) is 12.3. The van der Waals surface area contributed by atoms with Gasteiger partial charge in [-0.1, -0.05) is 36.1 Å². The zero-order valence-corrected chi connectivity index (χ0v) is 19.6. The molecule has 3 rings (SSSR count). The van der Waals surface area contributed by atoms with Gasteiger partial charge in [-0.2, -0.15) is 0 Å². The number of carbonyl (C=O) groups is 2. The molecule has 0 saturated carbocycles. The fraction of sp³-hybridized carbons (Fsp3) is 0.190. The highest BCUT2D eigenvalue weighted by molar-refractivity contribution is 8.26. The van der Waals surface area contributed by atoms with E-state index in [1.165, 1.54) is 40.9 Å². The van der Waals surface area contributed by atoms with Crippen molar-refractivity contribution < 1.29 is 22.7 Å². The zero-order valence-electron chi connectivity index (χ0n) is 17.1. The third-order valence-electron chi connectivity index (χ3n) is 4.54. The van der Waals surface area contributed by atoms with Crippen LogP contribution in [0.3, 0.4) is 0 Å². The minimum atomic E-state index is -3.78. The number of thioether (sulfide) groups is 1. The van der Waals surface area contributed by atoms with Crippen molar-refractivity contribution in [3.8, 4) is 5.75 Å². The van der Waals surface area contributed by atoms with Crippen LogP contribution in [0.2, 0.25) is 0 Å². The van der Waals surface area contributed by atoms with Gasteiger partial charge in [-0.05, 0) is 54.5 Å². The number of carbonyl (C=O) groups excluding carboxylic acids is 2. The zero-order chi connectivity index (χ0) is 23.3. The lowest BCUT2D eigenvalue weighted by Crippen LogP contribution is -2.29. The van der Waals surface area contributed by atoms with Crippen molar-refractivity contribution in [2.75, 3.05) is 19.0 Å². The number of nitrogens with one attached hydrogen (secondary N) is 1. The van der Waals surface area contributed by atoms with Gasteiger partial charge in [0.2, 0.25) is 15.9 Å². The number of ether oxygens (including phenoxy) is 1. The predicted octanol–water partition coefficient (Wildman–Crippen LogP) is 2.96. The SMILES string of the molecule is COc1ccc(/C=C2\SC(=S)N(CCCC(=O)Nc3ccc(S(N)(=O)=O)cc3)C2=O)cc1. The average molecular weight is 492 g/mol. The van der Waals surface area contributed by atoms with Crippen LogP contribution in [-0.4, -0.2) is 43.1 Å². The van der Waals surface area contributed by atoms with Crippen LogP contribution in [-0.2, 0) is 19.6 Å². The number of thiocarbonyl (C=S) groups is 1. The van der Waals surface area contributed by atoms with Gasteiger partial charge in [-0.3, -0.25) is 14.5 Å². The number of sulfonamides is 1. The molecule has 2 amide bonds. The van der Waals surface area contributed by atoms with Gasteiger partial charge in [0, 0.05) is 18.7 Å². The Morgan fingerprint density at radius 1 is 1.19 bits per heavy atom. The summed E-state index contributed by atoms with van der Waals surface area (Å²) in [5.41, 5.74) is 1.31. The summed E-state index contributed by atoms with van der Waals surface area (Å²) in [6.45, 7) is 0.322. The van der Waals surface area contributed by atoms with E-state index < -0.39 is 10.0 Å². The topological polar surface area (TPSA) is 119 Å². The molecule has 0 spiro atoms. The van der Waals surface area contributed by atoms with Crippen LogP contribution in [0.5, 0.6) is 5.75 Å². The van der Waals surface area contributed by atoms with Gasteiger partial charge in [0.05, 0.1) is 16.9 Å². The van der Waals surface area contributed by atoms with Crippen LogP contribution in [0.1, 0.15) is 18.4 Å². The van der Waals surface area contributed by atoms with Crippen molar-refractivity contribution in [1.82, 2.24) is 4.90 Å². The van der Waals surface area contributed by atoms with E-state index in [0.29, 0.717) is 27.9 Å². The molecule has 0 unspecified atom stereocenters. The van der Waals surface area contributed by atoms with E-state index in [2.05, 4.69) is 5.32 Å². The number of hydrogen-bond donors (Lipinski definition) is 2. The number of hydrogen-bond acceptors (Lipinski definition) is 7. The van der Waals surface area contributed by atoms with Gasteiger partial charge >= 0.3 is 0 Å². The number of nitrogens with zero attached hydrogens (tertiary/aromatic N) is 1. The van der Waals surface area contributed by atoms with Gasteiger partial charge in [-0.15, -0.1) is 0 Å². The van der Waals surface area contributed by atoms with E-state index in [4.69, 9.17) is 22.1 Å². The molecule has 1 fully saturated rings. The first kappa shape index (κ1) is 23.9. The molecule has 0 radical (unpaired) electrons. The Labute approximate surface area is 195 Å². The highest BCUT2D eigenvalue weighted by Gasteiger charge is 2.31. The largest absolute Gasteiger partial charge is 0.497 e. The lowest BCUT2D eigenvalue weighted by Gasteiger charge is -2.14. The maximum absolute atomic E-state index is 12.7. The Kier molecular flexibility index (Phi) is 7.67. The highest BCUT2D eigenvalue weighted by Crippen LogP contribution is 2.33. The maximum Gasteiger partial charge on any atom is 0.266 e. The van der Waals surface area contributed by atoms with E-state index in [9.17, 15) is 18.0 Å². The molecule has 168 valence electrons. The van der Waals surface area contributed by atoms with Crippen LogP contribution in [0, 0.1) is 0 Å². The number of anilines is 1. The molecule has 3 N–H and O–H groups in total. The third-order valence-corrected chi connectivity index (χ3v) is 6.85. The summed E-state index contributed by atoms with van der Waals surface area (Å²) in [5, 5.41) is 7.73. The normalized spacial score (nSPS) is 15.3. The van der Waals surface area contributed by atoms with Crippen LogP contribution >= 0.6 is 24.0 Å². The molecule has 32 heavy (non-hydrogen) atoms. The number of benzene rings is 2. The van der Waals surface area contributed by atoms with Gasteiger partial charge in [0.1, 0.15) is 10.1 Å². The molecule has 2 aromatic rings. The minimum absolute atomic E-state index is 0.0347. The summed E-state index contributed by atoms with van der Waals surface area (Å²) in [6, 6.07) is 12.9. The quantitative estimate of drug-likeness (QED) is 0.430. The number of amides is 2. The Morgan fingerprint density at radius 2 is 1.84 bits per heavy atom. The van der Waals surface area contributed by atoms with Crippen molar-refractivity contribution in [3.05, 3.63) is 59.0 Å². The van der Waals surface area contributed by atoms with E-state index in [-0.39, 0.29) is 23.1 Å². The summed E-state index contributed by atoms with van der Waals surface area (Å²) < 4.78 is 28.1. The molecule has 1 aliphatic heterocycles. The molecular formula is C21H21N3O5S3. The first-order chi connectivity index (χ1) is 15.2. The lowest BCUT2D eigenvalue weighted by atomic mass is 10.2. The summed E-state index contributed by atoms with van der Waals surface area (Å²) in [5.74, 6) is 0.288. The Balaban J connectivity index is 1.51. The van der Waals surface area contributed by atoms with Gasteiger partial charge in [0.15, 0.2) is 0 Å². The molecule has 1 aliphatic rings. The molecule has 0 bridgehead atoms. The average Bonchev–Trinajstić information content (AvgIpc) is 3.01. The number of methoxy groups -OCH3 is 1. The lowest BCUT2D eigenvalue weighted by molar-refractivity contribution is -0.122. The maximum atomic E-state index is 12.7. The fourth-order valence-electron chi connectivity index (χ4n) is 2.89. The Hall–Kier alpha value is -2.73. The second kappa shape index (κ2) is 10.3. The van der Waals surface area contributed by atoms with Gasteiger partial charge in [-0.25, -0.2) is 13.6 Å². The first-order valence-electron chi connectivity index (χ1n) is 9.49. The summed E-state index contributed by atoms with van der Waals surface area (Å²) in [6.07, 6.45) is 2.37. The van der Waals surface area contributed by atoms with Gasteiger partial charge < -0.3 is 10.1 Å². The molecule has 0 aromatic heterocycles. The molecule has 1 heterocycles. The van der Waals surface area contributed by atoms with E-state index in [1.807, 2.05) is 24.3 Å². The van der Waals surface area contributed by atoms with Crippen LogP contribution < -0.4 is 15.2 Å². The van der Waals surface area contributed by atoms with E-state index >= 15 is 0 Å². The Morgan fingerprint density at radius 3 is 2.44 bits per heavy atom. The van der Waals surface area contributed by atoms with Crippen molar-refractivity contribution in [2.45, 2.75) is 17.7 Å². The van der Waals surface area contributed by atoms with Crippen LogP contribution in [0.25, 0.3) is 6.08 Å². The van der Waals surface area contributed by atoms with Crippen molar-refractivity contribution in [2.24, 2.45) is 5.14 Å². The van der Waals surface area contributed by atoms with E-state index in [1.54, 1.807) is 13.2 Å². The standard InChI is InChI=1S/C21H21N3O5S3/c1-29-16-8-4-14(5-9-16)13-18-20(26)24(21(30)31-18)12-2-3-19(25)23-15-6-10-17(11-7-15)32(22,27)28/h4-11,13H,2-3,12H2,1H3,(H,23,25)(H2,22,27,28)/b18-13-. The smallest absolute Gasteiger partial charge is 0.266 e. The molecule has 0 atom stereocenters. The monoisotopic (exact) mass is 491 g/mol. The van der Waals surface area contributed by atoms with Crippen molar-refractivity contribution >= 4 is 61.9 Å². The summed E-state index contributed by atoms with van der Waals surface area (Å²) >= 11 is 6.55. The second-order valence-electron chi connectivity index (χ2n) is 6.83. The molecule has 8 nitrogen and oxygen atoms in total. The molecule has 1 saturated heterocycles. The van der Waals surface area contributed by atoms with Crippen molar-refractivity contribution in [3.63, 3.8) is 0 Å². The number of nitrogens with two attached hydrogens (primary N) is 1.